The zero-order valence-electron chi connectivity index (χ0n) is 5.56. The van der Waals surface area contributed by atoms with Crippen LogP contribution in [0.15, 0.2) is 17.1 Å². The molecule has 0 radical (unpaired) electrons. The number of ether oxygens (including phenoxy) is 1. The molecule has 2 N–H and O–H groups in total. The first-order chi connectivity index (χ1) is 4.95. The molecule has 11 heavy (non-hydrogen) atoms. The Labute approximate surface area is 64.2 Å². The minimum Gasteiger partial charge on any atom is -0.596 e. The zero-order valence-corrected chi connectivity index (χ0v) is 6.37. The molecule has 0 aromatic rings. The highest BCUT2D eigenvalue weighted by Crippen LogP contribution is 1.81. The SMILES string of the molecule is C=CCOC([O-])=NS(N)(=O)=O. The van der Waals surface area contributed by atoms with Gasteiger partial charge in [0.1, 0.15) is 0 Å². The first-order valence-corrected chi connectivity index (χ1v) is 3.99. The minimum atomic E-state index is -4.14. The molecule has 0 bridgehead atoms. The van der Waals surface area contributed by atoms with Crippen LogP contribution < -0.4 is 10.2 Å². The van der Waals surface area contributed by atoms with Crippen molar-refractivity contribution in [2.24, 2.45) is 9.54 Å². The average Bonchev–Trinajstić information content (AvgIpc) is 1.79. The summed E-state index contributed by atoms with van der Waals surface area (Å²) in [6.07, 6.45) is 0.0312. The maximum atomic E-state index is 10.3. The highest BCUT2D eigenvalue weighted by molar-refractivity contribution is 7.87. The van der Waals surface area contributed by atoms with Crippen LogP contribution in [0.3, 0.4) is 0 Å². The third-order valence-electron chi connectivity index (χ3n) is 0.526. The van der Waals surface area contributed by atoms with Crippen LogP contribution in [0.25, 0.3) is 0 Å². The molecule has 7 heteroatoms. The topological polar surface area (TPSA) is 105 Å². The van der Waals surface area contributed by atoms with E-state index in [0.717, 1.165) is 0 Å². The van der Waals surface area contributed by atoms with E-state index in [1.54, 1.807) is 0 Å². The summed E-state index contributed by atoms with van der Waals surface area (Å²) in [6, 6.07) is 0. The number of nitrogens with two attached hydrogens (primary N) is 1. The van der Waals surface area contributed by atoms with Crippen LogP contribution in [0.4, 0.5) is 0 Å². The third-order valence-corrected chi connectivity index (χ3v) is 0.930. The second-order valence-electron chi connectivity index (χ2n) is 1.47. The van der Waals surface area contributed by atoms with Gasteiger partial charge in [0, 0.05) is 6.61 Å². The molecule has 64 valence electrons. The average molecular weight is 179 g/mol. The highest BCUT2D eigenvalue weighted by atomic mass is 32.2. The Morgan fingerprint density at radius 1 is 1.82 bits per heavy atom. The molecule has 0 aliphatic heterocycles. The molecule has 0 aliphatic carbocycles. The van der Waals surface area contributed by atoms with Crippen LogP contribution in [0, 0.1) is 0 Å². The Bertz CT molecular complexity index is 255. The van der Waals surface area contributed by atoms with Crippen molar-refractivity contribution in [1.29, 1.82) is 0 Å². The molecule has 6 nitrogen and oxygen atoms in total. The van der Waals surface area contributed by atoms with Crippen LogP contribution in [0.5, 0.6) is 0 Å². The van der Waals surface area contributed by atoms with Gasteiger partial charge in [0.25, 0.3) is 0 Å². The molecule has 0 amide bonds. The van der Waals surface area contributed by atoms with Crippen molar-refractivity contribution < 1.29 is 18.3 Å². The number of nitrogens with zero attached hydrogens (tertiary/aromatic N) is 1. The van der Waals surface area contributed by atoms with E-state index < -0.39 is 16.3 Å². The van der Waals surface area contributed by atoms with Crippen LogP contribution in [0.1, 0.15) is 0 Å². The molecule has 0 fully saturated rings. The summed E-state index contributed by atoms with van der Waals surface area (Å²) in [6.45, 7) is 3.13. The van der Waals surface area contributed by atoms with Crippen molar-refractivity contribution in [3.8, 4) is 0 Å². The summed E-state index contributed by atoms with van der Waals surface area (Å²) < 4.78 is 26.9. The monoisotopic (exact) mass is 179 g/mol. The summed E-state index contributed by atoms with van der Waals surface area (Å²) in [4.78, 5) is 0. The van der Waals surface area contributed by atoms with Crippen molar-refractivity contribution in [2.75, 3.05) is 6.61 Å². The lowest BCUT2D eigenvalue weighted by Gasteiger charge is -2.08. The fourth-order valence-corrected chi connectivity index (χ4v) is 0.521. The fraction of sp³-hybridized carbons (Fsp3) is 0.250. The smallest absolute Gasteiger partial charge is 0.318 e. The summed E-state index contributed by atoms with van der Waals surface area (Å²) in [5, 5.41) is 14.7. The molecule has 0 aromatic heterocycles. The van der Waals surface area contributed by atoms with E-state index in [0.29, 0.717) is 0 Å². The Hall–Kier alpha value is -1.08. The van der Waals surface area contributed by atoms with E-state index >= 15 is 0 Å². The molecular weight excluding hydrogens is 172 g/mol. The maximum absolute atomic E-state index is 10.3. The van der Waals surface area contributed by atoms with E-state index in [1.165, 1.54) is 6.08 Å². The van der Waals surface area contributed by atoms with Gasteiger partial charge in [0.15, 0.2) is 6.08 Å². The minimum absolute atomic E-state index is 0.0994. The van der Waals surface area contributed by atoms with E-state index in [-0.39, 0.29) is 6.61 Å². The highest BCUT2D eigenvalue weighted by Gasteiger charge is 1.94. The predicted octanol–water partition coefficient (Wildman–Crippen LogP) is -1.89. The van der Waals surface area contributed by atoms with E-state index in [9.17, 15) is 13.5 Å². The van der Waals surface area contributed by atoms with Gasteiger partial charge in [-0.05, 0) is 0 Å². The summed E-state index contributed by atoms with van der Waals surface area (Å²) in [5.41, 5.74) is 0. The standard InChI is InChI=1S/C4H8N2O4S/c1-2-3-10-4(7)6-11(5,8)9/h2H,1,3H2,(H,6,7)(H2,5,8,9)/p-1. The maximum Gasteiger partial charge on any atom is 0.318 e. The molecule has 0 aromatic carbocycles. The molecule has 0 saturated heterocycles. The largest absolute Gasteiger partial charge is 0.596 e. The summed E-state index contributed by atoms with van der Waals surface area (Å²) in [5.74, 6) is 0. The molecule has 0 unspecified atom stereocenters. The molecule has 0 heterocycles. The first-order valence-electron chi connectivity index (χ1n) is 2.49. The molecule has 0 aliphatic rings. The molecule has 0 spiro atoms. The van der Waals surface area contributed by atoms with Crippen molar-refractivity contribution in [1.82, 2.24) is 0 Å². The van der Waals surface area contributed by atoms with Gasteiger partial charge < -0.3 is 9.84 Å². The number of hydrogen-bond donors (Lipinski definition) is 1. The Morgan fingerprint density at radius 2 is 2.36 bits per heavy atom. The quantitative estimate of drug-likeness (QED) is 0.310. The lowest BCUT2D eigenvalue weighted by molar-refractivity contribution is -0.248. The molecule has 0 saturated carbocycles. The van der Waals surface area contributed by atoms with E-state index in [2.05, 4.69) is 20.9 Å². The molecular formula is C4H7N2O4S-. The molecule has 0 rings (SSSR count). The Kier molecular flexibility index (Phi) is 3.55. The fourth-order valence-electron chi connectivity index (χ4n) is 0.260. The second kappa shape index (κ2) is 3.94. The summed E-state index contributed by atoms with van der Waals surface area (Å²) >= 11 is 0. The number of hydrogen-bond acceptors (Lipinski definition) is 4. The summed E-state index contributed by atoms with van der Waals surface area (Å²) in [7, 11) is -4.14. The van der Waals surface area contributed by atoms with E-state index in [1.807, 2.05) is 0 Å². The van der Waals surface area contributed by atoms with Crippen LogP contribution in [0.2, 0.25) is 0 Å². The van der Waals surface area contributed by atoms with Crippen molar-refractivity contribution in [2.45, 2.75) is 0 Å². The van der Waals surface area contributed by atoms with E-state index in [4.69, 9.17) is 0 Å². The molecule has 0 atom stereocenters. The van der Waals surface area contributed by atoms with Gasteiger partial charge in [-0.3, -0.25) is 0 Å². The van der Waals surface area contributed by atoms with Gasteiger partial charge in [-0.2, -0.15) is 8.42 Å². The Balaban J connectivity index is 4.12. The Morgan fingerprint density at radius 3 is 2.73 bits per heavy atom. The normalized spacial score (nSPS) is 12.6. The van der Waals surface area contributed by atoms with Gasteiger partial charge in [-0.15, -0.1) is 11.0 Å². The number of rotatable bonds is 3. The first kappa shape index (κ1) is 9.92. The lowest BCUT2D eigenvalue weighted by Crippen LogP contribution is -2.25. The van der Waals surface area contributed by atoms with Gasteiger partial charge in [-0.1, -0.05) is 6.08 Å². The lowest BCUT2D eigenvalue weighted by atomic mass is 10.7. The van der Waals surface area contributed by atoms with Gasteiger partial charge >= 0.3 is 10.2 Å². The van der Waals surface area contributed by atoms with Crippen LogP contribution in [-0.2, 0) is 14.9 Å². The van der Waals surface area contributed by atoms with Crippen molar-refractivity contribution >= 4 is 16.3 Å². The zero-order chi connectivity index (χ0) is 8.91. The van der Waals surface area contributed by atoms with Crippen molar-refractivity contribution in [3.05, 3.63) is 12.7 Å². The van der Waals surface area contributed by atoms with Crippen LogP contribution >= 0.6 is 0 Å². The van der Waals surface area contributed by atoms with Gasteiger partial charge in [0.2, 0.25) is 0 Å². The van der Waals surface area contributed by atoms with Crippen LogP contribution in [-0.4, -0.2) is 21.1 Å². The van der Waals surface area contributed by atoms with Gasteiger partial charge in [0.05, 0.1) is 0 Å². The van der Waals surface area contributed by atoms with Gasteiger partial charge in [-0.25, -0.2) is 5.14 Å². The predicted molar refractivity (Wildman–Crippen MR) is 36.7 cm³/mol. The van der Waals surface area contributed by atoms with Crippen molar-refractivity contribution in [3.63, 3.8) is 0 Å². The third kappa shape index (κ3) is 6.81. The second-order valence-corrected chi connectivity index (χ2v) is 2.68.